The molecule has 0 aromatic rings. The van der Waals surface area contributed by atoms with Crippen LogP contribution >= 0.6 is 0 Å². The van der Waals surface area contributed by atoms with Gasteiger partial charge in [0.15, 0.2) is 20.2 Å². The first-order valence-corrected chi connectivity index (χ1v) is 16.0. The molecule has 0 aromatic carbocycles. The lowest BCUT2D eigenvalue weighted by molar-refractivity contribution is -0.328. The average Bonchev–Trinajstić information content (AvgIpc) is 2.65. The van der Waals surface area contributed by atoms with Gasteiger partial charge in [0, 0.05) is 25.6 Å². The van der Waals surface area contributed by atoms with Crippen molar-refractivity contribution in [3.8, 4) is 0 Å². The van der Waals surface area contributed by atoms with Gasteiger partial charge in [-0.2, -0.15) is 8.42 Å². The second-order valence-electron chi connectivity index (χ2n) is 11.0. The van der Waals surface area contributed by atoms with Crippen molar-refractivity contribution in [2.45, 2.75) is 90.3 Å². The molecule has 192 valence electrons. The van der Waals surface area contributed by atoms with E-state index in [9.17, 15) is 13.2 Å². The molecule has 2 heterocycles. The predicted molar refractivity (Wildman–Crippen MR) is 132 cm³/mol. The number of rotatable bonds is 10. The molecule has 3 rings (SSSR count). The fourth-order valence-corrected chi connectivity index (χ4v) is 12.8. The highest BCUT2D eigenvalue weighted by molar-refractivity contribution is 7.86. The molecule has 1 aliphatic carbocycles. The highest BCUT2D eigenvalue weighted by Gasteiger charge is 2.67. The lowest BCUT2D eigenvalue weighted by Crippen LogP contribution is -2.70. The number of hydrogen-bond acceptors (Lipinski definition) is 7. The van der Waals surface area contributed by atoms with Crippen LogP contribution in [0.2, 0.25) is 16.6 Å². The van der Waals surface area contributed by atoms with Gasteiger partial charge in [-0.25, -0.2) is 4.79 Å². The molecule has 0 radical (unpaired) electrons. The van der Waals surface area contributed by atoms with Crippen LogP contribution in [0.15, 0.2) is 12.2 Å². The second-order valence-corrected chi connectivity index (χ2v) is 18.0. The zero-order valence-electron chi connectivity index (χ0n) is 22.0. The molecule has 6 atom stereocenters. The number of fused-ring (bicyclic) bond motifs is 3. The van der Waals surface area contributed by atoms with Gasteiger partial charge in [0.1, 0.15) is 0 Å². The third-order valence-corrected chi connectivity index (χ3v) is 14.6. The van der Waals surface area contributed by atoms with E-state index in [1.54, 1.807) is 7.11 Å². The Labute approximate surface area is 201 Å². The van der Waals surface area contributed by atoms with Crippen LogP contribution in [-0.2, 0) is 33.0 Å². The van der Waals surface area contributed by atoms with E-state index in [-0.39, 0.29) is 24.4 Å². The molecule has 33 heavy (non-hydrogen) atoms. The van der Waals surface area contributed by atoms with E-state index in [2.05, 4.69) is 48.1 Å². The van der Waals surface area contributed by atoms with Crippen molar-refractivity contribution < 1.29 is 31.3 Å². The van der Waals surface area contributed by atoms with Crippen molar-refractivity contribution in [3.05, 3.63) is 12.2 Å². The third-order valence-electron chi connectivity index (χ3n) is 8.03. The van der Waals surface area contributed by atoms with Gasteiger partial charge in [0.2, 0.25) is 0 Å². The molecule has 0 spiro atoms. The maximum absolute atomic E-state index is 13.5. The molecule has 0 amide bonds. The summed E-state index contributed by atoms with van der Waals surface area (Å²) in [6.07, 6.45) is 0.880. The molecule has 6 unspecified atom stereocenters. The SMILES string of the molecule is C=C(C)C1C2CC(C)C(C(=O)OS(C)(=O)=O)(OC2OC)C1CO[Si](C(C)C)(C(C)C)C(C)C. The summed E-state index contributed by atoms with van der Waals surface area (Å²) in [5.74, 6) is -1.70. The van der Waals surface area contributed by atoms with E-state index >= 15 is 0 Å². The van der Waals surface area contributed by atoms with E-state index in [1.165, 1.54) is 0 Å². The van der Waals surface area contributed by atoms with Gasteiger partial charge in [-0.1, -0.05) is 60.6 Å². The molecule has 2 aliphatic heterocycles. The zero-order chi connectivity index (χ0) is 25.5. The first-order valence-electron chi connectivity index (χ1n) is 12.0. The van der Waals surface area contributed by atoms with E-state index < -0.39 is 42.2 Å². The summed E-state index contributed by atoms with van der Waals surface area (Å²) in [6, 6.07) is 0. The van der Waals surface area contributed by atoms with Gasteiger partial charge in [0.25, 0.3) is 0 Å². The van der Waals surface area contributed by atoms with Crippen LogP contribution in [0.1, 0.15) is 61.8 Å². The van der Waals surface area contributed by atoms with Gasteiger partial charge in [-0.05, 0) is 41.8 Å². The number of carbonyl (C=O) groups is 1. The summed E-state index contributed by atoms with van der Waals surface area (Å²) in [7, 11) is -4.73. The van der Waals surface area contributed by atoms with E-state index in [1.807, 2.05) is 13.8 Å². The molecule has 7 nitrogen and oxygen atoms in total. The molecule has 2 saturated heterocycles. The molecular formula is C24H44O7SSi. The molecule has 9 heteroatoms. The minimum absolute atomic E-state index is 0.00257. The van der Waals surface area contributed by atoms with Crippen LogP contribution in [-0.4, -0.2) is 54.6 Å². The Morgan fingerprint density at radius 1 is 1.15 bits per heavy atom. The molecule has 0 N–H and O–H groups in total. The van der Waals surface area contributed by atoms with Gasteiger partial charge in [-0.3, -0.25) is 0 Å². The monoisotopic (exact) mass is 504 g/mol. The molecular weight excluding hydrogens is 460 g/mol. The Kier molecular flexibility index (Phi) is 8.71. The van der Waals surface area contributed by atoms with Crippen LogP contribution in [0.5, 0.6) is 0 Å². The summed E-state index contributed by atoms with van der Waals surface area (Å²) in [4.78, 5) is 13.5. The lowest BCUT2D eigenvalue weighted by atomic mass is 9.55. The molecule has 1 saturated carbocycles. The second kappa shape index (κ2) is 10.1. The van der Waals surface area contributed by atoms with Gasteiger partial charge >= 0.3 is 16.1 Å². The molecule has 3 aliphatic rings. The predicted octanol–water partition coefficient (Wildman–Crippen LogP) is 4.89. The van der Waals surface area contributed by atoms with Crippen molar-refractivity contribution in [2.75, 3.05) is 20.0 Å². The Morgan fingerprint density at radius 3 is 2.06 bits per heavy atom. The Balaban J connectivity index is 2.61. The number of ether oxygens (including phenoxy) is 2. The van der Waals surface area contributed by atoms with E-state index in [0.717, 1.165) is 11.8 Å². The Morgan fingerprint density at radius 2 is 1.67 bits per heavy atom. The number of hydrogen-bond donors (Lipinski definition) is 0. The molecule has 2 bridgehead atoms. The summed E-state index contributed by atoms with van der Waals surface area (Å²) < 4.78 is 47.7. The smallest absolute Gasteiger partial charge is 0.354 e. The highest BCUT2D eigenvalue weighted by Crippen LogP contribution is 2.57. The van der Waals surface area contributed by atoms with Crippen LogP contribution < -0.4 is 0 Å². The van der Waals surface area contributed by atoms with Gasteiger partial charge < -0.3 is 18.1 Å². The zero-order valence-corrected chi connectivity index (χ0v) is 23.8. The maximum Gasteiger partial charge on any atom is 0.354 e. The molecule has 3 fully saturated rings. The average molecular weight is 505 g/mol. The molecule has 0 aromatic heterocycles. The highest BCUT2D eigenvalue weighted by atomic mass is 32.2. The van der Waals surface area contributed by atoms with Crippen LogP contribution in [0.3, 0.4) is 0 Å². The first kappa shape index (κ1) is 28.5. The normalized spacial score (nSPS) is 32.6. The third kappa shape index (κ3) is 4.99. The number of carbonyl (C=O) groups excluding carboxylic acids is 1. The van der Waals surface area contributed by atoms with Gasteiger partial charge in [-0.15, -0.1) is 0 Å². The summed E-state index contributed by atoms with van der Waals surface area (Å²) in [5.41, 5.74) is 0.516. The fourth-order valence-electron chi connectivity index (χ4n) is 6.92. The van der Waals surface area contributed by atoms with Crippen LogP contribution in [0.25, 0.3) is 0 Å². The number of methoxy groups -OCH3 is 1. The summed E-state index contributed by atoms with van der Waals surface area (Å²) >= 11 is 0. The fraction of sp³-hybridized carbons (Fsp3) is 0.875. The minimum Gasteiger partial charge on any atom is -0.416 e. The van der Waals surface area contributed by atoms with Crippen molar-refractivity contribution >= 4 is 24.4 Å². The summed E-state index contributed by atoms with van der Waals surface area (Å²) in [5, 5.41) is 0. The standard InChI is InChI=1S/C24H44O7SSi/c1-14(2)21-19-12-18(9)24(30-22(19)28-10,23(25)31-32(11,26)27)20(21)13-29-33(15(3)4,16(5)6)17(7)8/h15-22H,1,12-13H2,2-11H3. The Hall–Kier alpha value is -0.743. The minimum atomic E-state index is -4.02. The van der Waals surface area contributed by atoms with Gasteiger partial charge in [0.05, 0.1) is 6.26 Å². The van der Waals surface area contributed by atoms with Crippen LogP contribution in [0.4, 0.5) is 0 Å². The van der Waals surface area contributed by atoms with Crippen molar-refractivity contribution in [2.24, 2.45) is 23.7 Å². The summed E-state index contributed by atoms with van der Waals surface area (Å²) in [6.45, 7) is 21.7. The van der Waals surface area contributed by atoms with E-state index in [0.29, 0.717) is 23.0 Å². The lowest BCUT2D eigenvalue weighted by Gasteiger charge is -2.60. The first-order chi connectivity index (χ1) is 15.1. The van der Waals surface area contributed by atoms with Crippen molar-refractivity contribution in [3.63, 3.8) is 0 Å². The number of allylic oxidation sites excluding steroid dienone is 1. The quantitative estimate of drug-likeness (QED) is 0.238. The van der Waals surface area contributed by atoms with Crippen molar-refractivity contribution in [1.82, 2.24) is 0 Å². The van der Waals surface area contributed by atoms with Crippen molar-refractivity contribution in [1.29, 1.82) is 0 Å². The maximum atomic E-state index is 13.5. The topological polar surface area (TPSA) is 88.1 Å². The van der Waals surface area contributed by atoms with Crippen LogP contribution in [0, 0.1) is 23.7 Å². The Bertz CT molecular complexity index is 816. The largest absolute Gasteiger partial charge is 0.416 e. The van der Waals surface area contributed by atoms with E-state index in [4.69, 9.17) is 18.1 Å².